The van der Waals surface area contributed by atoms with Gasteiger partial charge < -0.3 is 9.47 Å². The van der Waals surface area contributed by atoms with Crippen LogP contribution in [-0.2, 0) is 0 Å². The fraction of sp³-hybridized carbons (Fsp3) is 0. The number of nitrogens with zero attached hydrogens (tertiary/aromatic N) is 2. The van der Waals surface area contributed by atoms with Crippen molar-refractivity contribution in [2.45, 2.75) is 0 Å². The van der Waals surface area contributed by atoms with E-state index in [4.69, 9.17) is 20.0 Å². The summed E-state index contributed by atoms with van der Waals surface area (Å²) >= 11 is 6.88. The maximum atomic E-state index is 8.50. The number of rotatable bonds is 4. The van der Waals surface area contributed by atoms with Gasteiger partial charge in [0.15, 0.2) is 0 Å². The monoisotopic (exact) mass is 418 g/mol. The minimum atomic E-state index is 0.481. The van der Waals surface area contributed by atoms with E-state index in [0.717, 1.165) is 20.1 Å². The number of ether oxygens (including phenoxy) is 2. The second kappa shape index (κ2) is 7.65. The average molecular weight is 420 g/mol. The van der Waals surface area contributed by atoms with Crippen LogP contribution in [0.2, 0.25) is 0 Å². The molecule has 0 spiro atoms. The first-order valence-electron chi connectivity index (χ1n) is 6.03. The number of hydrogen-bond donors (Lipinski definition) is 0. The summed E-state index contributed by atoms with van der Waals surface area (Å²) in [6.45, 7) is 0. The van der Waals surface area contributed by atoms with Crippen molar-refractivity contribution in [3.63, 3.8) is 0 Å². The van der Waals surface area contributed by atoms with Crippen molar-refractivity contribution in [3.8, 4) is 24.0 Å². The normalized spacial score (nSPS) is 9.27. The molecule has 108 valence electrons. The Hall–Kier alpha value is -2.28. The maximum Gasteiger partial charge on any atom is 0.292 e. The summed E-state index contributed by atoms with van der Waals surface area (Å²) < 4.78 is 10.3. The van der Waals surface area contributed by atoms with Gasteiger partial charge in [-0.3, -0.25) is 0 Å². The summed E-state index contributed by atoms with van der Waals surface area (Å²) in [6, 6.07) is 14.3. The van der Waals surface area contributed by atoms with Gasteiger partial charge in [0.1, 0.15) is 11.5 Å². The van der Waals surface area contributed by atoms with E-state index in [2.05, 4.69) is 31.9 Å². The standard InChI is InChI=1S/C16H8Br2N2O2/c17-16(18)15(11-1-5-13(6-2-11)21-9-19)12-3-7-14(8-4-12)22-10-20/h1-8H. The van der Waals surface area contributed by atoms with Crippen LogP contribution in [0.5, 0.6) is 11.5 Å². The summed E-state index contributed by atoms with van der Waals surface area (Å²) in [6.07, 6.45) is 3.27. The predicted octanol–water partition coefficient (Wildman–Crippen LogP) is 4.91. The quantitative estimate of drug-likeness (QED) is 0.660. The van der Waals surface area contributed by atoms with Crippen molar-refractivity contribution in [1.82, 2.24) is 0 Å². The Labute approximate surface area is 144 Å². The van der Waals surface area contributed by atoms with E-state index < -0.39 is 0 Å². The maximum absolute atomic E-state index is 8.50. The Bertz CT molecular complexity index is 704. The fourth-order valence-electron chi connectivity index (χ4n) is 1.87. The minimum absolute atomic E-state index is 0.481. The molecule has 0 amide bonds. The zero-order valence-electron chi connectivity index (χ0n) is 11.1. The van der Waals surface area contributed by atoms with Crippen molar-refractivity contribution in [2.75, 3.05) is 0 Å². The van der Waals surface area contributed by atoms with Crippen LogP contribution in [0.4, 0.5) is 0 Å². The molecule has 0 saturated carbocycles. The van der Waals surface area contributed by atoms with Gasteiger partial charge >= 0.3 is 0 Å². The van der Waals surface area contributed by atoms with Gasteiger partial charge in [-0.15, -0.1) is 10.5 Å². The highest BCUT2D eigenvalue weighted by Crippen LogP contribution is 2.34. The van der Waals surface area contributed by atoms with E-state index in [0.29, 0.717) is 11.5 Å². The molecule has 0 aromatic heterocycles. The Morgan fingerprint density at radius 2 is 1.09 bits per heavy atom. The Balaban J connectivity index is 2.37. The average Bonchev–Trinajstić information content (AvgIpc) is 2.51. The van der Waals surface area contributed by atoms with Gasteiger partial charge in [0.05, 0.1) is 3.39 Å². The van der Waals surface area contributed by atoms with E-state index in [1.165, 1.54) is 0 Å². The van der Waals surface area contributed by atoms with Crippen LogP contribution in [0, 0.1) is 23.0 Å². The van der Waals surface area contributed by atoms with Gasteiger partial charge in [-0.05, 0) is 67.3 Å². The molecule has 0 unspecified atom stereocenters. The third kappa shape index (κ3) is 3.88. The highest BCUT2D eigenvalue weighted by molar-refractivity contribution is 9.28. The molecule has 4 nitrogen and oxygen atoms in total. The second-order valence-corrected chi connectivity index (χ2v) is 6.72. The highest BCUT2D eigenvalue weighted by Gasteiger charge is 2.10. The van der Waals surface area contributed by atoms with Gasteiger partial charge in [0, 0.05) is 5.57 Å². The third-order valence-electron chi connectivity index (χ3n) is 2.80. The molecule has 22 heavy (non-hydrogen) atoms. The zero-order valence-corrected chi connectivity index (χ0v) is 14.3. The lowest BCUT2D eigenvalue weighted by molar-refractivity contribution is 0.507. The second-order valence-electron chi connectivity index (χ2n) is 4.07. The molecular formula is C16H8Br2N2O2. The largest absolute Gasteiger partial charge is 0.388 e. The molecule has 0 radical (unpaired) electrons. The minimum Gasteiger partial charge on any atom is -0.388 e. The van der Waals surface area contributed by atoms with Crippen molar-refractivity contribution < 1.29 is 9.47 Å². The van der Waals surface area contributed by atoms with E-state index in [9.17, 15) is 0 Å². The molecule has 0 N–H and O–H groups in total. The van der Waals surface area contributed by atoms with Crippen LogP contribution in [0.15, 0.2) is 51.9 Å². The van der Waals surface area contributed by atoms with Crippen LogP contribution in [0.1, 0.15) is 11.1 Å². The molecule has 2 aromatic rings. The van der Waals surface area contributed by atoms with Crippen LogP contribution in [0.25, 0.3) is 5.57 Å². The van der Waals surface area contributed by atoms with Gasteiger partial charge in [-0.2, -0.15) is 0 Å². The molecule has 2 rings (SSSR count). The van der Waals surface area contributed by atoms with Crippen LogP contribution in [-0.4, -0.2) is 0 Å². The van der Waals surface area contributed by atoms with Gasteiger partial charge in [0.2, 0.25) is 0 Å². The Morgan fingerprint density at radius 1 is 0.727 bits per heavy atom. The Kier molecular flexibility index (Phi) is 5.60. The van der Waals surface area contributed by atoms with Crippen molar-refractivity contribution >= 4 is 37.4 Å². The van der Waals surface area contributed by atoms with E-state index in [1.807, 2.05) is 24.3 Å². The molecule has 0 heterocycles. The summed E-state index contributed by atoms with van der Waals surface area (Å²) in [4.78, 5) is 0. The number of hydrogen-bond acceptors (Lipinski definition) is 4. The lowest BCUT2D eigenvalue weighted by Gasteiger charge is -2.10. The molecule has 0 aliphatic carbocycles. The number of benzene rings is 2. The summed E-state index contributed by atoms with van der Waals surface area (Å²) in [5.74, 6) is 0.961. The molecule has 0 saturated heterocycles. The number of nitriles is 2. The molecule has 0 aliphatic heterocycles. The molecule has 0 aliphatic rings. The molecule has 0 bridgehead atoms. The van der Waals surface area contributed by atoms with Crippen LogP contribution in [0.3, 0.4) is 0 Å². The lowest BCUT2D eigenvalue weighted by Crippen LogP contribution is -1.90. The predicted molar refractivity (Wildman–Crippen MR) is 89.2 cm³/mol. The molecular weight excluding hydrogens is 412 g/mol. The van der Waals surface area contributed by atoms with Crippen LogP contribution < -0.4 is 9.47 Å². The zero-order chi connectivity index (χ0) is 15.9. The molecule has 0 atom stereocenters. The lowest BCUT2D eigenvalue weighted by atomic mass is 9.99. The summed E-state index contributed by atoms with van der Waals surface area (Å²) in [5, 5.41) is 17.0. The first kappa shape index (κ1) is 16.1. The van der Waals surface area contributed by atoms with Crippen molar-refractivity contribution in [2.24, 2.45) is 0 Å². The van der Waals surface area contributed by atoms with Gasteiger partial charge in [-0.25, -0.2) is 0 Å². The molecule has 0 fully saturated rings. The van der Waals surface area contributed by atoms with Crippen LogP contribution >= 0.6 is 31.9 Å². The highest BCUT2D eigenvalue weighted by atomic mass is 79.9. The van der Waals surface area contributed by atoms with E-state index in [-0.39, 0.29) is 0 Å². The smallest absolute Gasteiger partial charge is 0.292 e. The topological polar surface area (TPSA) is 66.0 Å². The molecule has 6 heteroatoms. The van der Waals surface area contributed by atoms with Crippen molar-refractivity contribution in [3.05, 3.63) is 63.0 Å². The molecule has 2 aromatic carbocycles. The first-order valence-corrected chi connectivity index (χ1v) is 7.62. The third-order valence-corrected chi connectivity index (χ3v) is 3.59. The first-order chi connectivity index (χ1) is 10.7. The summed E-state index contributed by atoms with van der Waals surface area (Å²) in [7, 11) is 0. The van der Waals surface area contributed by atoms with E-state index >= 15 is 0 Å². The van der Waals surface area contributed by atoms with Crippen molar-refractivity contribution in [1.29, 1.82) is 10.5 Å². The summed E-state index contributed by atoms with van der Waals surface area (Å²) in [5.41, 5.74) is 2.79. The Morgan fingerprint density at radius 3 is 1.36 bits per heavy atom. The fourth-order valence-corrected chi connectivity index (χ4v) is 2.79. The SMILES string of the molecule is N#COc1ccc(C(=C(Br)Br)c2ccc(OC#N)cc2)cc1. The van der Waals surface area contributed by atoms with Gasteiger partial charge in [0.25, 0.3) is 12.5 Å². The number of halogens is 2. The van der Waals surface area contributed by atoms with E-state index in [1.54, 1.807) is 36.8 Å². The van der Waals surface area contributed by atoms with Gasteiger partial charge in [-0.1, -0.05) is 24.3 Å².